The Bertz CT molecular complexity index is 884. The van der Waals surface area contributed by atoms with Crippen molar-refractivity contribution in [2.45, 2.75) is 0 Å². The molecule has 58 heteroatoms. The van der Waals surface area contributed by atoms with E-state index in [9.17, 15) is 0 Å². The second-order valence-corrected chi connectivity index (χ2v) is 16.2. The molecular formula is B58-. The molecule has 0 aliphatic heterocycles. The van der Waals surface area contributed by atoms with Crippen LogP contribution in [0, 0.1) is 0 Å². The third-order valence-electron chi connectivity index (χ3n) is 12.0. The summed E-state index contributed by atoms with van der Waals surface area (Å²) in [7, 11) is 197. The Hall–Kier alpha value is 3.77. The molecule has 0 saturated carbocycles. The van der Waals surface area contributed by atoms with Gasteiger partial charge in [-0.2, -0.15) is 0 Å². The summed E-state index contributed by atoms with van der Waals surface area (Å²) in [5.41, 5.74) is 0. The van der Waals surface area contributed by atoms with Crippen LogP contribution in [0.1, 0.15) is 0 Å². The van der Waals surface area contributed by atoms with Crippen LogP contribution in [-0.2, 0) is 0 Å². The monoisotopic (exact) mass is 639 g/mol. The van der Waals surface area contributed by atoms with Gasteiger partial charge in [0.05, 0.1) is 0 Å². The van der Waals surface area contributed by atoms with E-state index in [1.165, 1.54) is 0 Å². The highest BCUT2D eigenvalue weighted by atomic mass is 13.4. The van der Waals surface area contributed by atoms with Gasteiger partial charge in [-0.25, -0.2) is 6.39 Å². The van der Waals surface area contributed by atoms with E-state index in [-0.39, 0.29) is 0 Å². The lowest BCUT2D eigenvalue weighted by Gasteiger charge is -2.59. The van der Waals surface area contributed by atoms with Crippen molar-refractivity contribution in [3.05, 3.63) is 0 Å². The van der Waals surface area contributed by atoms with Crippen LogP contribution < -0.4 is 0 Å². The molecule has 0 aliphatic carbocycles. The molecule has 0 aromatic heterocycles. The van der Waals surface area contributed by atoms with Crippen LogP contribution in [0.15, 0.2) is 0 Å². The van der Waals surface area contributed by atoms with Gasteiger partial charge in [0, 0.05) is 0 Å². The molecule has 0 aliphatic rings. The molecule has 58 heavy (non-hydrogen) atoms. The summed E-state index contributed by atoms with van der Waals surface area (Å²) in [6.45, 7) is 0. The Labute approximate surface area is 407 Å². The van der Waals surface area contributed by atoms with Crippen molar-refractivity contribution in [1.29, 1.82) is 0 Å². The summed E-state index contributed by atoms with van der Waals surface area (Å²) in [6, 6.07) is 0. The van der Waals surface area contributed by atoms with Gasteiger partial charge < -0.3 is 7.74 Å². The zero-order valence-electron chi connectivity index (χ0n) is 33.5. The van der Waals surface area contributed by atoms with Crippen LogP contribution in [0.5, 0.6) is 0 Å². The highest BCUT2D eigenvalue weighted by Crippen LogP contribution is 2.24. The van der Waals surface area contributed by atoms with Crippen molar-refractivity contribution in [3.8, 4) is 0 Å². The standard InChI is InChI=1S/B58/c1-31(2)46(32(3)4)53(45(29)30)57(54(47(33(5)6)34(7)8)48(35(9)10)36(11)12)58(55(49(37(13)14)38(15)16)50(39(17)18)40(19)20)56(51(41(21)22)42(23)24)52(43(25)26)44(27)28/q-1. The Morgan fingerprint density at radius 1 is 0.138 bits per heavy atom. The third-order valence-corrected chi connectivity index (χ3v) is 12.0. The Balaban J connectivity index is 10.4. The van der Waals surface area contributed by atoms with Crippen molar-refractivity contribution >= 4 is 411 Å². The SMILES string of the molecule is [B]B([B])B(B([B])[B])B(B(B([B])[B])B([B])[B])B(B(B([B])[B])B(B([B])[B])B([B])[B-])B(B(B(B([B])[B])B([B])[B])B(B([B])[B])B([B])[B])B(B(B([B])[B])B([B])[B])B(B([B])[B])B([B])[B]. The van der Waals surface area contributed by atoms with Gasteiger partial charge in [0.2, 0.25) is 0 Å². The van der Waals surface area contributed by atoms with Gasteiger partial charge >= 0.3 is 0 Å². The lowest BCUT2D eigenvalue weighted by Crippen LogP contribution is -2.96. The normalized spacial score (nSPS) is 9.74. The minimum absolute atomic E-state index is 1.29. The van der Waals surface area contributed by atoms with E-state index in [1.54, 1.807) is 0 Å². The molecule has 0 N–H and O–H groups in total. The highest BCUT2D eigenvalue weighted by molar-refractivity contribution is 8.37. The number of rotatable bonds is 27. The Kier molecular flexibility index (Phi) is 30.0. The minimum Gasteiger partial charge on any atom is -0.687 e. The average Bonchev–Trinajstić information content (AvgIpc) is 2.99. The molecular weight excluding hydrogens is 627 g/mol. The molecule has 0 atom stereocenters. The number of hydrogen-bond acceptors (Lipinski definition) is 0. The number of hydrogen-bond donors (Lipinski definition) is 0. The average molecular weight is 627 g/mol. The van der Waals surface area contributed by atoms with E-state index in [1.807, 2.05) is 0 Å². The van der Waals surface area contributed by atoms with Crippen LogP contribution >= 0.6 is 0 Å². The van der Waals surface area contributed by atoms with Crippen molar-refractivity contribution in [2.75, 3.05) is 0 Å². The second kappa shape index (κ2) is 28.2. The molecule has 0 aromatic rings. The molecule has 0 aromatic carbocycles. The Morgan fingerprint density at radius 3 is 0.345 bits per heavy atom. The van der Waals surface area contributed by atoms with Crippen LogP contribution in [0.2, 0.25) is 0 Å². The highest BCUT2D eigenvalue weighted by Gasteiger charge is 2.61. The van der Waals surface area contributed by atoms with Crippen LogP contribution in [0.3, 0.4) is 0 Å². The first-order valence-corrected chi connectivity index (χ1v) is 19.0. The van der Waals surface area contributed by atoms with E-state index in [2.05, 4.69) is 0 Å². The maximum Gasteiger partial charge on any atom is -0.0000000000000000739 e. The summed E-state index contributed by atoms with van der Waals surface area (Å²) in [5.74, 6) is 0. The molecule has 0 amide bonds. The van der Waals surface area contributed by atoms with Crippen molar-refractivity contribution in [1.82, 2.24) is 0 Å². The van der Waals surface area contributed by atoms with Crippen molar-refractivity contribution in [3.63, 3.8) is 0 Å². The van der Waals surface area contributed by atoms with E-state index in [4.69, 9.17) is 232 Å². The molecule has 0 fully saturated rings. The zero-order valence-corrected chi connectivity index (χ0v) is 33.5. The molecule has 61 radical (unpaired) electrons. The van der Waals surface area contributed by atoms with Crippen LogP contribution in [0.25, 0.3) is 0 Å². The van der Waals surface area contributed by atoms with Gasteiger partial charge in [-0.3, -0.25) is 0 Å². The second-order valence-electron chi connectivity index (χ2n) is 16.2. The van der Waals surface area contributed by atoms with Crippen LogP contribution in [0.4, 0.5) is 0 Å². The Morgan fingerprint density at radius 2 is 0.241 bits per heavy atom. The predicted octanol–water partition coefficient (Wildman–Crippen LogP) is -22.1. The fourth-order valence-electron chi connectivity index (χ4n) is 10.0. The fourth-order valence-corrected chi connectivity index (χ4v) is 10.0. The molecule has 0 unspecified atom stereocenters. The van der Waals surface area contributed by atoms with Gasteiger partial charge in [-0.05, 0) is 397 Å². The molecule has 0 rings (SSSR count). The van der Waals surface area contributed by atoms with Crippen molar-refractivity contribution < 1.29 is 0 Å². The van der Waals surface area contributed by atoms with E-state index in [0.29, 0.717) is 0 Å². The van der Waals surface area contributed by atoms with Gasteiger partial charge in [0.15, 0.2) is 0 Å². The zero-order chi connectivity index (χ0) is 46.2. The van der Waals surface area contributed by atoms with E-state index in [0.717, 1.165) is 0 Å². The summed E-state index contributed by atoms with van der Waals surface area (Å²) in [4.78, 5) is 0. The largest absolute Gasteiger partial charge is 0.687 e. The smallest absolute Gasteiger partial charge is 0.0000000000000000739 e. The molecule has 0 bridgehead atoms. The lowest BCUT2D eigenvalue weighted by atomic mass is 8.23. The first kappa shape index (κ1) is 61.8. The molecule has 0 heterocycles. The predicted molar refractivity (Wildman–Crippen MR) is 334 cm³/mol. The molecule has 0 spiro atoms. The molecule has 0 saturated heterocycles. The summed E-state index contributed by atoms with van der Waals surface area (Å²) < 4.78 is 0. The first-order valence-electron chi connectivity index (χ1n) is 19.0. The van der Waals surface area contributed by atoms with Crippen LogP contribution in [-0.4, -0.2) is 411 Å². The summed E-state index contributed by atoms with van der Waals surface area (Å²) >= 11 is 0. The summed E-state index contributed by atoms with van der Waals surface area (Å²) in [5, 5.41) is 0. The summed E-state index contributed by atoms with van der Waals surface area (Å²) in [6.07, 6.45) is -39.3. The molecule has 175 valence electrons. The van der Waals surface area contributed by atoms with Crippen molar-refractivity contribution in [2.24, 2.45) is 0 Å². The first-order chi connectivity index (χ1) is 26.3. The topological polar surface area (TPSA) is 0 Å². The minimum atomic E-state index is -1.53. The van der Waals surface area contributed by atoms with E-state index < -0.39 is 179 Å². The van der Waals surface area contributed by atoms with Gasteiger partial charge in [0.1, 0.15) is 0 Å². The van der Waals surface area contributed by atoms with Gasteiger partial charge in [-0.1, -0.05) is 0 Å². The fraction of sp³-hybridized carbons (Fsp3) is 0. The quantitative estimate of drug-likeness (QED) is 0.0796. The third kappa shape index (κ3) is 16.5. The van der Waals surface area contributed by atoms with E-state index >= 15 is 0 Å². The van der Waals surface area contributed by atoms with Gasteiger partial charge in [0.25, 0.3) is 0 Å². The maximum atomic E-state index is 6.79. The maximum absolute atomic E-state index is 6.79. The van der Waals surface area contributed by atoms with Gasteiger partial charge in [-0.15, -0.1) is 0 Å². The molecule has 0 nitrogen and oxygen atoms in total. The lowest BCUT2D eigenvalue weighted by molar-refractivity contribution is 3.17.